The minimum atomic E-state index is -0.629. The predicted molar refractivity (Wildman–Crippen MR) is 131 cm³/mol. The maximum Gasteiger partial charge on any atom is 0.242 e. The van der Waals surface area contributed by atoms with Gasteiger partial charge in [0.1, 0.15) is 11.8 Å². The number of amides is 2. The Morgan fingerprint density at radius 1 is 0.909 bits per heavy atom. The minimum Gasteiger partial charge on any atom is -0.494 e. The highest BCUT2D eigenvalue weighted by atomic mass is 35.5. The minimum absolute atomic E-state index is 0.0915. The molecule has 1 atom stereocenters. The summed E-state index contributed by atoms with van der Waals surface area (Å²) < 4.78 is 5.73. The molecule has 2 amide bonds. The Morgan fingerprint density at radius 2 is 1.55 bits per heavy atom. The van der Waals surface area contributed by atoms with Crippen LogP contribution in [0, 0.1) is 0 Å². The Kier molecular flexibility index (Phi) is 9.33. The fraction of sp³-hybridized carbons (Fsp3) is 0.259. The maximum absolute atomic E-state index is 13.3. The van der Waals surface area contributed by atoms with Crippen LogP contribution < -0.4 is 10.1 Å². The van der Waals surface area contributed by atoms with Gasteiger partial charge in [0.15, 0.2) is 0 Å². The van der Waals surface area contributed by atoms with Gasteiger partial charge < -0.3 is 15.0 Å². The van der Waals surface area contributed by atoms with E-state index in [-0.39, 0.29) is 18.2 Å². The number of hydrogen-bond donors (Lipinski definition) is 1. The third-order valence-electron chi connectivity index (χ3n) is 5.33. The first-order valence-electron chi connectivity index (χ1n) is 11.0. The summed E-state index contributed by atoms with van der Waals surface area (Å²) in [4.78, 5) is 27.9. The lowest BCUT2D eigenvalue weighted by Gasteiger charge is -2.31. The lowest BCUT2D eigenvalue weighted by molar-refractivity contribution is -0.141. The van der Waals surface area contributed by atoms with Crippen molar-refractivity contribution in [1.29, 1.82) is 0 Å². The summed E-state index contributed by atoms with van der Waals surface area (Å²) in [7, 11) is 1.60. The van der Waals surface area contributed by atoms with Crippen LogP contribution in [0.25, 0.3) is 0 Å². The van der Waals surface area contributed by atoms with Crippen LogP contribution in [0.5, 0.6) is 5.75 Å². The Hall–Kier alpha value is -3.31. The summed E-state index contributed by atoms with van der Waals surface area (Å²) in [5.41, 5.74) is 1.91. The molecule has 0 bridgehead atoms. The zero-order valence-corrected chi connectivity index (χ0v) is 19.5. The van der Waals surface area contributed by atoms with Crippen molar-refractivity contribution in [3.05, 3.63) is 101 Å². The Balaban J connectivity index is 1.74. The smallest absolute Gasteiger partial charge is 0.242 e. The molecule has 5 nitrogen and oxygen atoms in total. The summed E-state index contributed by atoms with van der Waals surface area (Å²) in [5.74, 6) is 0.489. The van der Waals surface area contributed by atoms with Gasteiger partial charge in [-0.25, -0.2) is 0 Å². The molecule has 0 radical (unpaired) electrons. The molecule has 0 saturated heterocycles. The van der Waals surface area contributed by atoms with Crippen molar-refractivity contribution in [3.63, 3.8) is 0 Å². The van der Waals surface area contributed by atoms with E-state index in [1.807, 2.05) is 72.8 Å². The molecule has 3 aromatic rings. The molecule has 33 heavy (non-hydrogen) atoms. The van der Waals surface area contributed by atoms with Gasteiger partial charge in [0.2, 0.25) is 11.8 Å². The van der Waals surface area contributed by atoms with E-state index >= 15 is 0 Å². The quantitative estimate of drug-likeness (QED) is 0.411. The van der Waals surface area contributed by atoms with Gasteiger partial charge in [-0.1, -0.05) is 72.3 Å². The van der Waals surface area contributed by atoms with Gasteiger partial charge in [0.25, 0.3) is 0 Å². The summed E-state index contributed by atoms with van der Waals surface area (Å²) in [5, 5.41) is 3.35. The molecular formula is C27H29ClN2O3. The van der Waals surface area contributed by atoms with Gasteiger partial charge in [-0.05, 0) is 41.8 Å². The third-order valence-corrected chi connectivity index (χ3v) is 5.58. The highest BCUT2D eigenvalue weighted by Gasteiger charge is 2.29. The Labute approximate surface area is 200 Å². The predicted octanol–water partition coefficient (Wildman–Crippen LogP) is 4.89. The van der Waals surface area contributed by atoms with E-state index in [1.165, 1.54) is 0 Å². The van der Waals surface area contributed by atoms with Crippen LogP contribution >= 0.6 is 11.6 Å². The maximum atomic E-state index is 13.3. The van der Waals surface area contributed by atoms with Crippen molar-refractivity contribution in [3.8, 4) is 5.75 Å². The number of carbonyl (C=O) groups excluding carboxylic acids is 2. The Morgan fingerprint density at radius 3 is 2.18 bits per heavy atom. The number of ether oxygens (including phenoxy) is 1. The lowest BCUT2D eigenvalue weighted by atomic mass is 10.0. The third kappa shape index (κ3) is 7.65. The molecule has 3 aromatic carbocycles. The van der Waals surface area contributed by atoms with Crippen LogP contribution in [0.15, 0.2) is 84.9 Å². The topological polar surface area (TPSA) is 58.6 Å². The van der Waals surface area contributed by atoms with E-state index in [9.17, 15) is 9.59 Å². The van der Waals surface area contributed by atoms with Crippen LogP contribution in [0.1, 0.15) is 24.0 Å². The van der Waals surface area contributed by atoms with Gasteiger partial charge in [0.05, 0.1) is 6.61 Å². The number of hydrogen-bond acceptors (Lipinski definition) is 3. The molecule has 0 fully saturated rings. The van der Waals surface area contributed by atoms with Crippen molar-refractivity contribution in [1.82, 2.24) is 10.2 Å². The number of nitrogens with one attached hydrogen (secondary N) is 1. The van der Waals surface area contributed by atoms with Crippen LogP contribution in [0.2, 0.25) is 5.02 Å². The van der Waals surface area contributed by atoms with Crippen molar-refractivity contribution in [2.75, 3.05) is 13.7 Å². The molecule has 3 rings (SSSR count). The van der Waals surface area contributed by atoms with Crippen LogP contribution in [-0.2, 0) is 22.6 Å². The molecule has 0 heterocycles. The van der Waals surface area contributed by atoms with E-state index in [0.29, 0.717) is 31.0 Å². The fourth-order valence-corrected chi connectivity index (χ4v) is 3.71. The van der Waals surface area contributed by atoms with Crippen molar-refractivity contribution in [2.24, 2.45) is 0 Å². The van der Waals surface area contributed by atoms with Gasteiger partial charge >= 0.3 is 0 Å². The first kappa shape index (κ1) is 24.3. The molecule has 0 unspecified atom stereocenters. The molecule has 0 aromatic heterocycles. The first-order valence-corrected chi connectivity index (χ1v) is 11.4. The molecule has 6 heteroatoms. The molecule has 1 N–H and O–H groups in total. The number of likely N-dealkylation sites (N-methyl/N-ethyl adjacent to an activating group) is 1. The number of benzene rings is 3. The molecule has 0 aliphatic rings. The molecule has 0 spiro atoms. The summed E-state index contributed by atoms with van der Waals surface area (Å²) in [6.07, 6.45) is 1.26. The van der Waals surface area contributed by atoms with Gasteiger partial charge in [-0.3, -0.25) is 9.59 Å². The first-order chi connectivity index (χ1) is 16.1. The van der Waals surface area contributed by atoms with E-state index in [0.717, 1.165) is 16.9 Å². The number of para-hydroxylation sites is 1. The summed E-state index contributed by atoms with van der Waals surface area (Å²) >= 11 is 6.03. The van der Waals surface area contributed by atoms with E-state index in [2.05, 4.69) is 5.32 Å². The second-order valence-electron chi connectivity index (χ2n) is 7.73. The van der Waals surface area contributed by atoms with E-state index in [1.54, 1.807) is 24.1 Å². The van der Waals surface area contributed by atoms with E-state index < -0.39 is 6.04 Å². The fourth-order valence-electron chi connectivity index (χ4n) is 3.58. The highest BCUT2D eigenvalue weighted by Crippen LogP contribution is 2.18. The van der Waals surface area contributed by atoms with E-state index in [4.69, 9.17) is 16.3 Å². The average molecular weight is 465 g/mol. The second kappa shape index (κ2) is 12.7. The van der Waals surface area contributed by atoms with Crippen molar-refractivity contribution < 1.29 is 14.3 Å². The van der Waals surface area contributed by atoms with Crippen LogP contribution in [0.3, 0.4) is 0 Å². The monoisotopic (exact) mass is 464 g/mol. The molecule has 0 saturated carbocycles. The number of halogens is 1. The highest BCUT2D eigenvalue weighted by molar-refractivity contribution is 6.30. The number of nitrogens with zero attached hydrogens (tertiary/aromatic N) is 1. The molecule has 0 aliphatic heterocycles. The van der Waals surface area contributed by atoms with Gasteiger partial charge in [-0.15, -0.1) is 0 Å². The molecular weight excluding hydrogens is 436 g/mol. The van der Waals surface area contributed by atoms with Crippen LogP contribution in [-0.4, -0.2) is 36.4 Å². The standard InChI is InChI=1S/C27H29ClN2O3/c1-29-27(32)25(19-21-9-4-2-5-10-21)30(20-22-14-16-23(28)17-15-22)26(31)13-8-18-33-24-11-6-3-7-12-24/h2-7,9-12,14-17,25H,8,13,18-20H2,1H3,(H,29,32)/t25-/m0/s1. The van der Waals surface area contributed by atoms with Crippen molar-refractivity contribution in [2.45, 2.75) is 31.8 Å². The normalized spacial score (nSPS) is 11.5. The van der Waals surface area contributed by atoms with Gasteiger partial charge in [0, 0.05) is 31.5 Å². The number of rotatable bonds is 11. The van der Waals surface area contributed by atoms with Crippen molar-refractivity contribution >= 4 is 23.4 Å². The Bertz CT molecular complexity index is 1010. The SMILES string of the molecule is CNC(=O)[C@H](Cc1ccccc1)N(Cc1ccc(Cl)cc1)C(=O)CCCOc1ccccc1. The second-order valence-corrected chi connectivity index (χ2v) is 8.17. The van der Waals surface area contributed by atoms with Crippen LogP contribution in [0.4, 0.5) is 0 Å². The molecule has 172 valence electrons. The zero-order valence-electron chi connectivity index (χ0n) is 18.7. The zero-order chi connectivity index (χ0) is 23.5. The summed E-state index contributed by atoms with van der Waals surface area (Å²) in [6, 6.07) is 26.0. The lowest BCUT2D eigenvalue weighted by Crippen LogP contribution is -2.49. The average Bonchev–Trinajstić information content (AvgIpc) is 2.86. The molecule has 0 aliphatic carbocycles. The largest absolute Gasteiger partial charge is 0.494 e. The summed E-state index contributed by atoms with van der Waals surface area (Å²) in [6.45, 7) is 0.744. The number of carbonyl (C=O) groups is 2. The van der Waals surface area contributed by atoms with Gasteiger partial charge in [-0.2, -0.15) is 0 Å².